The van der Waals surface area contributed by atoms with Gasteiger partial charge in [-0.2, -0.15) is 0 Å². The molecule has 5 N–H and O–H groups in total. The van der Waals surface area contributed by atoms with Crippen molar-refractivity contribution in [3.05, 3.63) is 24.0 Å². The lowest BCUT2D eigenvalue weighted by Gasteiger charge is -2.32. The number of aromatic nitrogens is 2. The van der Waals surface area contributed by atoms with Crippen LogP contribution in [0.25, 0.3) is 10.7 Å². The number of alkyl halides is 2. The van der Waals surface area contributed by atoms with Crippen molar-refractivity contribution in [3.8, 4) is 10.7 Å². The first-order valence-corrected chi connectivity index (χ1v) is 8.52. The molecule has 26 heavy (non-hydrogen) atoms. The van der Waals surface area contributed by atoms with E-state index in [0.717, 1.165) is 11.3 Å². The average molecular weight is 382 g/mol. The molecule has 0 aliphatic carbocycles. The van der Waals surface area contributed by atoms with E-state index in [0.29, 0.717) is 16.4 Å². The van der Waals surface area contributed by atoms with Crippen LogP contribution in [-0.4, -0.2) is 40.9 Å². The highest BCUT2D eigenvalue weighted by Gasteiger charge is 2.34. The fourth-order valence-electron chi connectivity index (χ4n) is 2.59. The second-order valence-corrected chi connectivity index (χ2v) is 6.87. The standard InChI is InChI=1S/C15H16F2N6O2S/c16-15(17)1-3-23(4-2-15)8-6-20-12(21-7-8)10-5-9(11(18)24)13(26-10)22-14(19)25/h5-7H,1-4H2,(H2,18,24)(H3,19,22,25). The second kappa shape index (κ2) is 6.83. The van der Waals surface area contributed by atoms with E-state index in [1.54, 1.807) is 4.90 Å². The summed E-state index contributed by atoms with van der Waals surface area (Å²) < 4.78 is 26.5. The first-order valence-electron chi connectivity index (χ1n) is 7.70. The smallest absolute Gasteiger partial charge is 0.317 e. The number of nitrogens with zero attached hydrogens (tertiary/aromatic N) is 3. The van der Waals surface area contributed by atoms with Crippen molar-refractivity contribution >= 4 is 34.0 Å². The van der Waals surface area contributed by atoms with Crippen LogP contribution in [0.3, 0.4) is 0 Å². The molecule has 8 nitrogen and oxygen atoms in total. The number of primary amides is 2. The fraction of sp³-hybridized carbons (Fsp3) is 0.333. The Kier molecular flexibility index (Phi) is 4.72. The zero-order valence-corrected chi connectivity index (χ0v) is 14.4. The molecule has 1 fully saturated rings. The maximum Gasteiger partial charge on any atom is 0.317 e. The molecule has 0 unspecified atom stereocenters. The van der Waals surface area contributed by atoms with Crippen LogP contribution in [0, 0.1) is 0 Å². The molecule has 0 bridgehead atoms. The van der Waals surface area contributed by atoms with E-state index < -0.39 is 17.9 Å². The van der Waals surface area contributed by atoms with Crippen LogP contribution in [0.2, 0.25) is 0 Å². The van der Waals surface area contributed by atoms with Crippen molar-refractivity contribution in [1.82, 2.24) is 9.97 Å². The lowest BCUT2D eigenvalue weighted by Crippen LogP contribution is -2.39. The van der Waals surface area contributed by atoms with Gasteiger partial charge < -0.3 is 16.4 Å². The van der Waals surface area contributed by atoms with Gasteiger partial charge in [-0.3, -0.25) is 10.1 Å². The Balaban J connectivity index is 1.80. The van der Waals surface area contributed by atoms with Gasteiger partial charge in [0.05, 0.1) is 28.5 Å². The van der Waals surface area contributed by atoms with Crippen molar-refractivity contribution in [2.45, 2.75) is 18.8 Å². The van der Waals surface area contributed by atoms with Gasteiger partial charge in [-0.1, -0.05) is 0 Å². The molecular formula is C15H16F2N6O2S. The fourth-order valence-corrected chi connectivity index (χ4v) is 3.61. The number of hydrogen-bond acceptors (Lipinski definition) is 6. The van der Waals surface area contributed by atoms with Crippen LogP contribution < -0.4 is 21.7 Å². The van der Waals surface area contributed by atoms with Gasteiger partial charge in [0.15, 0.2) is 5.82 Å². The van der Waals surface area contributed by atoms with Crippen LogP contribution in [0.4, 0.5) is 24.3 Å². The zero-order chi connectivity index (χ0) is 18.9. The quantitative estimate of drug-likeness (QED) is 0.745. The number of nitrogens with two attached hydrogens (primary N) is 2. The second-order valence-electron chi connectivity index (χ2n) is 5.81. The monoisotopic (exact) mass is 382 g/mol. The highest BCUT2D eigenvalue weighted by molar-refractivity contribution is 7.20. The van der Waals surface area contributed by atoms with Crippen LogP contribution in [0.1, 0.15) is 23.2 Å². The van der Waals surface area contributed by atoms with Gasteiger partial charge in [0.25, 0.3) is 11.8 Å². The molecule has 11 heteroatoms. The summed E-state index contributed by atoms with van der Waals surface area (Å²) in [4.78, 5) is 33.3. The van der Waals surface area contributed by atoms with Crippen LogP contribution in [-0.2, 0) is 0 Å². The Hall–Kier alpha value is -2.82. The number of carbonyl (C=O) groups is 2. The molecule has 3 heterocycles. The van der Waals surface area contributed by atoms with Crippen LogP contribution in [0.15, 0.2) is 18.5 Å². The van der Waals surface area contributed by atoms with Crippen molar-refractivity contribution in [1.29, 1.82) is 0 Å². The third-order valence-electron chi connectivity index (χ3n) is 3.95. The molecule has 3 rings (SSSR count). The van der Waals surface area contributed by atoms with Crippen LogP contribution in [0.5, 0.6) is 0 Å². The first-order chi connectivity index (χ1) is 12.2. The summed E-state index contributed by atoms with van der Waals surface area (Å²) in [6.45, 7) is 0.459. The molecule has 0 aromatic carbocycles. The Morgan fingerprint density at radius 3 is 2.35 bits per heavy atom. The van der Waals surface area contributed by atoms with Gasteiger partial charge in [0.1, 0.15) is 5.00 Å². The highest BCUT2D eigenvalue weighted by Crippen LogP contribution is 2.34. The van der Waals surface area contributed by atoms with E-state index >= 15 is 0 Å². The molecule has 2 aromatic heterocycles. The van der Waals surface area contributed by atoms with Gasteiger partial charge in [-0.05, 0) is 6.07 Å². The number of hydrogen-bond donors (Lipinski definition) is 3. The van der Waals surface area contributed by atoms with E-state index in [9.17, 15) is 18.4 Å². The maximum absolute atomic E-state index is 13.2. The number of urea groups is 1. The maximum atomic E-state index is 13.2. The van der Waals surface area contributed by atoms with Gasteiger partial charge in [-0.25, -0.2) is 23.5 Å². The van der Waals surface area contributed by atoms with E-state index in [-0.39, 0.29) is 36.5 Å². The van der Waals surface area contributed by atoms with Gasteiger partial charge in [0, 0.05) is 25.9 Å². The SMILES string of the molecule is NC(=O)Nc1sc(-c2ncc(N3CCC(F)(F)CC3)cn2)cc1C(N)=O. The van der Waals surface area contributed by atoms with Crippen LogP contribution >= 0.6 is 11.3 Å². The number of piperidine rings is 1. The largest absolute Gasteiger partial charge is 0.369 e. The molecule has 1 aliphatic rings. The molecule has 1 aliphatic heterocycles. The predicted molar refractivity (Wildman–Crippen MR) is 93.5 cm³/mol. The topological polar surface area (TPSA) is 127 Å². The molecule has 0 radical (unpaired) electrons. The van der Waals surface area contributed by atoms with Crippen molar-refractivity contribution in [2.24, 2.45) is 11.5 Å². The van der Waals surface area contributed by atoms with E-state index in [1.165, 1.54) is 18.5 Å². The lowest BCUT2D eigenvalue weighted by atomic mass is 10.1. The van der Waals surface area contributed by atoms with E-state index in [1.807, 2.05) is 0 Å². The van der Waals surface area contributed by atoms with E-state index in [4.69, 9.17) is 11.5 Å². The molecular weight excluding hydrogens is 366 g/mol. The van der Waals surface area contributed by atoms with Gasteiger partial charge in [-0.15, -0.1) is 11.3 Å². The molecule has 2 aromatic rings. The van der Waals surface area contributed by atoms with Gasteiger partial charge in [0.2, 0.25) is 0 Å². The number of amides is 3. The normalized spacial score (nSPS) is 16.3. The number of anilines is 2. The number of halogens is 2. The minimum atomic E-state index is -2.62. The molecule has 0 saturated carbocycles. The summed E-state index contributed by atoms with van der Waals surface area (Å²) in [5, 5.41) is 2.55. The minimum Gasteiger partial charge on any atom is -0.369 e. The van der Waals surface area contributed by atoms with Gasteiger partial charge >= 0.3 is 6.03 Å². The summed E-state index contributed by atoms with van der Waals surface area (Å²) in [5.41, 5.74) is 11.1. The zero-order valence-electron chi connectivity index (χ0n) is 13.5. The summed E-state index contributed by atoms with van der Waals surface area (Å²) in [6.07, 6.45) is 2.67. The summed E-state index contributed by atoms with van der Waals surface area (Å²) in [6, 6.07) is 0.647. The molecule has 0 atom stereocenters. The third kappa shape index (κ3) is 3.87. The lowest BCUT2D eigenvalue weighted by molar-refractivity contribution is -0.0220. The minimum absolute atomic E-state index is 0.106. The van der Waals surface area contributed by atoms with Crippen molar-refractivity contribution in [2.75, 3.05) is 23.3 Å². The number of thiophene rings is 1. The van der Waals surface area contributed by atoms with Crippen molar-refractivity contribution < 1.29 is 18.4 Å². The Morgan fingerprint density at radius 2 is 1.81 bits per heavy atom. The summed E-state index contributed by atoms with van der Waals surface area (Å²) in [7, 11) is 0. The Bertz CT molecular complexity index is 829. The first kappa shape index (κ1) is 18.0. The predicted octanol–water partition coefficient (Wildman–Crippen LogP) is 2.03. The number of carbonyl (C=O) groups excluding carboxylic acids is 2. The summed E-state index contributed by atoms with van der Waals surface area (Å²) >= 11 is 1.06. The summed E-state index contributed by atoms with van der Waals surface area (Å²) in [5.74, 6) is -3.02. The van der Waals surface area contributed by atoms with E-state index in [2.05, 4.69) is 15.3 Å². The number of nitrogens with one attached hydrogen (secondary N) is 1. The average Bonchev–Trinajstić information content (AvgIpc) is 2.98. The molecule has 138 valence electrons. The highest BCUT2D eigenvalue weighted by atomic mass is 32.1. The van der Waals surface area contributed by atoms with Crippen molar-refractivity contribution in [3.63, 3.8) is 0 Å². The third-order valence-corrected chi connectivity index (χ3v) is 5.00. The molecule has 3 amide bonds. The Morgan fingerprint density at radius 1 is 1.19 bits per heavy atom. The Labute approximate surface area is 151 Å². The molecule has 1 saturated heterocycles. The number of rotatable bonds is 4. The molecule has 0 spiro atoms.